The maximum atomic E-state index is 6.76. The van der Waals surface area contributed by atoms with Crippen molar-refractivity contribution in [1.82, 2.24) is 0 Å². The first-order chi connectivity index (χ1) is 25.1. The zero-order valence-electron chi connectivity index (χ0n) is 28.5. The normalized spacial score (nSPS) is 13.7. The molecule has 0 aliphatic carbocycles. The van der Waals surface area contributed by atoms with E-state index in [0.717, 1.165) is 33.6 Å². The average molecular weight is 674 g/mol. The molecule has 1 aliphatic rings. The zero-order chi connectivity index (χ0) is 34.1. The van der Waals surface area contributed by atoms with Gasteiger partial charge in [-0.2, -0.15) is 10.0 Å². The summed E-state index contributed by atoms with van der Waals surface area (Å²) in [4.78, 5) is 5.21. The zero-order valence-corrected chi connectivity index (χ0v) is 29.3. The van der Waals surface area contributed by atoms with E-state index in [4.69, 9.17) is 4.42 Å². The lowest BCUT2D eigenvalue weighted by Crippen LogP contribution is -2.11. The fourth-order valence-electron chi connectivity index (χ4n) is 8.08. The molecular weight excluding hydrogens is 639 g/mol. The summed E-state index contributed by atoms with van der Waals surface area (Å²) in [5, 5.41) is 4.83. The monoisotopic (exact) mass is 673 g/mol. The van der Waals surface area contributed by atoms with E-state index in [0.29, 0.717) is 0 Å². The lowest BCUT2D eigenvalue weighted by atomic mass is 9.97. The second-order valence-corrected chi connectivity index (χ2v) is 17.2. The third-order valence-electron chi connectivity index (χ3n) is 10.5. The molecule has 10 rings (SSSR count). The number of para-hydroxylation sites is 1. The highest BCUT2D eigenvalue weighted by Gasteiger charge is 2.37. The molecule has 0 N–H and O–H groups in total. The summed E-state index contributed by atoms with van der Waals surface area (Å²) < 4.78 is 6.76. The Bertz CT molecular complexity index is 2770. The van der Waals surface area contributed by atoms with Gasteiger partial charge in [0.1, 0.15) is 11.2 Å². The number of rotatable bonds is 5. The van der Waals surface area contributed by atoms with Crippen molar-refractivity contribution in [2.24, 2.45) is 0 Å². The van der Waals surface area contributed by atoms with Crippen LogP contribution in [0.1, 0.15) is 0 Å². The summed E-state index contributed by atoms with van der Waals surface area (Å²) >= 11 is 0. The number of fused-ring (bicyclic) bond motifs is 8. The highest BCUT2D eigenvalue weighted by molar-refractivity contribution is 8.33. The highest BCUT2D eigenvalue weighted by Crippen LogP contribution is 2.70. The summed E-state index contributed by atoms with van der Waals surface area (Å²) in [5.74, 6) is 0. The van der Waals surface area contributed by atoms with Gasteiger partial charge in [-0.25, -0.2) is 0 Å². The van der Waals surface area contributed by atoms with Crippen LogP contribution >= 0.6 is 10.0 Å². The summed E-state index contributed by atoms with van der Waals surface area (Å²) in [5.41, 5.74) is 12.6. The van der Waals surface area contributed by atoms with Gasteiger partial charge in [-0.05, 0) is 100 Å². The van der Waals surface area contributed by atoms with Gasteiger partial charge < -0.3 is 9.32 Å². The van der Waals surface area contributed by atoms with Gasteiger partial charge in [0.25, 0.3) is 0 Å². The molecule has 51 heavy (non-hydrogen) atoms. The van der Waals surface area contributed by atoms with Crippen molar-refractivity contribution in [3.05, 3.63) is 176 Å². The lowest BCUT2D eigenvalue weighted by molar-refractivity contribution is 0.669. The van der Waals surface area contributed by atoms with Crippen LogP contribution in [0.2, 0.25) is 0 Å². The van der Waals surface area contributed by atoms with Gasteiger partial charge in [-0.1, -0.05) is 121 Å². The minimum Gasteiger partial charge on any atom is -0.455 e. The number of furan rings is 1. The molecule has 2 nitrogen and oxygen atoms in total. The van der Waals surface area contributed by atoms with Crippen LogP contribution in [-0.4, -0.2) is 12.5 Å². The van der Waals surface area contributed by atoms with Crippen LogP contribution in [0.4, 0.5) is 17.1 Å². The van der Waals surface area contributed by atoms with Crippen molar-refractivity contribution in [2.45, 2.75) is 9.79 Å². The summed E-state index contributed by atoms with van der Waals surface area (Å²) in [7, 11) is -1.32. The van der Waals surface area contributed by atoms with Gasteiger partial charge in [0.05, 0.1) is 5.69 Å². The molecule has 1 aromatic heterocycles. The minimum atomic E-state index is -1.32. The SMILES string of the molecule is CS1(C)c2cccc(N(c3ccc(-c4cccc5ccccc45)cc3)c3cccc(-c4ccccc4)c3)c2-c2c1ccc1c2oc2ccccc21. The quantitative estimate of drug-likeness (QED) is 0.181. The first-order valence-corrected chi connectivity index (χ1v) is 19.9. The van der Waals surface area contributed by atoms with E-state index in [1.807, 2.05) is 0 Å². The smallest absolute Gasteiger partial charge is 0.144 e. The van der Waals surface area contributed by atoms with Crippen molar-refractivity contribution < 1.29 is 4.42 Å². The number of anilines is 3. The number of hydrogen-bond donors (Lipinski definition) is 0. The van der Waals surface area contributed by atoms with Crippen molar-refractivity contribution in [3.63, 3.8) is 0 Å². The first-order valence-electron chi connectivity index (χ1n) is 17.4. The lowest BCUT2D eigenvalue weighted by Gasteiger charge is -2.30. The van der Waals surface area contributed by atoms with Gasteiger partial charge in [-0.15, -0.1) is 0 Å². The minimum absolute atomic E-state index is 0.927. The van der Waals surface area contributed by atoms with E-state index < -0.39 is 10.0 Å². The van der Waals surface area contributed by atoms with E-state index in [1.54, 1.807) is 0 Å². The molecule has 9 aromatic rings. The van der Waals surface area contributed by atoms with Crippen molar-refractivity contribution in [2.75, 3.05) is 17.4 Å². The topological polar surface area (TPSA) is 16.4 Å². The van der Waals surface area contributed by atoms with Gasteiger partial charge in [0, 0.05) is 43.1 Å². The largest absolute Gasteiger partial charge is 0.455 e. The Kier molecular flexibility index (Phi) is 6.74. The highest BCUT2D eigenvalue weighted by atomic mass is 32.3. The van der Waals surface area contributed by atoms with Gasteiger partial charge in [0.15, 0.2) is 0 Å². The maximum absolute atomic E-state index is 6.76. The fourth-order valence-corrected chi connectivity index (χ4v) is 10.6. The van der Waals surface area contributed by atoms with Crippen LogP contribution < -0.4 is 4.90 Å². The van der Waals surface area contributed by atoms with Crippen LogP contribution in [0, 0.1) is 0 Å². The standard InChI is InChI=1S/C48H35NOS/c1-51(2)44-24-12-22-42(46(44)47-45(51)30-29-41-40-20-8-9-23-43(40)50-48(41)47)49(37-18-10-17-35(31-37)32-13-4-3-5-14-32)36-27-25-34(26-28-36)39-21-11-16-33-15-6-7-19-38(33)39/h3-31H,1-2H3. The van der Waals surface area contributed by atoms with Crippen LogP contribution in [0.15, 0.2) is 190 Å². The molecule has 0 spiro atoms. The third kappa shape index (κ3) is 4.66. The second kappa shape index (κ2) is 11.5. The molecule has 0 atom stereocenters. The summed E-state index contributed by atoms with van der Waals surface area (Å²) in [6, 6.07) is 63.8. The Morgan fingerprint density at radius 3 is 2.00 bits per heavy atom. The van der Waals surface area contributed by atoms with Crippen LogP contribution in [0.5, 0.6) is 0 Å². The summed E-state index contributed by atoms with van der Waals surface area (Å²) in [6.07, 6.45) is 4.85. The van der Waals surface area contributed by atoms with E-state index in [9.17, 15) is 0 Å². The van der Waals surface area contributed by atoms with Crippen LogP contribution in [-0.2, 0) is 0 Å². The first kappa shape index (κ1) is 29.8. The third-order valence-corrected chi connectivity index (χ3v) is 13.4. The average Bonchev–Trinajstić information content (AvgIpc) is 3.68. The molecule has 0 unspecified atom stereocenters. The van der Waals surface area contributed by atoms with Gasteiger partial charge in [0.2, 0.25) is 0 Å². The molecule has 0 saturated carbocycles. The molecule has 0 saturated heterocycles. The second-order valence-electron chi connectivity index (χ2n) is 13.7. The van der Waals surface area contributed by atoms with E-state index in [2.05, 4.69) is 193 Å². The van der Waals surface area contributed by atoms with Crippen molar-refractivity contribution >= 4 is 59.8 Å². The Morgan fingerprint density at radius 2 is 1.14 bits per heavy atom. The Morgan fingerprint density at radius 1 is 0.451 bits per heavy atom. The molecule has 0 radical (unpaired) electrons. The molecule has 0 bridgehead atoms. The van der Waals surface area contributed by atoms with Gasteiger partial charge >= 0.3 is 0 Å². The van der Waals surface area contributed by atoms with E-state index >= 15 is 0 Å². The van der Waals surface area contributed by atoms with E-state index in [-0.39, 0.29) is 0 Å². The number of nitrogens with zero attached hydrogens (tertiary/aromatic N) is 1. The molecular formula is C48H35NOS. The molecule has 0 fully saturated rings. The van der Waals surface area contributed by atoms with E-state index in [1.165, 1.54) is 59.3 Å². The molecule has 0 amide bonds. The molecule has 2 heterocycles. The van der Waals surface area contributed by atoms with Crippen molar-refractivity contribution in [3.8, 4) is 33.4 Å². The Labute approximate surface area is 299 Å². The van der Waals surface area contributed by atoms with Gasteiger partial charge in [-0.3, -0.25) is 0 Å². The number of hydrogen-bond acceptors (Lipinski definition) is 2. The summed E-state index contributed by atoms with van der Waals surface area (Å²) in [6.45, 7) is 0. The molecule has 8 aromatic carbocycles. The van der Waals surface area contributed by atoms with Crippen molar-refractivity contribution in [1.29, 1.82) is 0 Å². The molecule has 1 aliphatic heterocycles. The predicted molar refractivity (Wildman–Crippen MR) is 218 cm³/mol. The predicted octanol–water partition coefficient (Wildman–Crippen LogP) is 14.0. The molecule has 244 valence electrons. The fraction of sp³-hybridized carbons (Fsp3) is 0.0417. The maximum Gasteiger partial charge on any atom is 0.144 e. The Balaban J connectivity index is 1.22. The van der Waals surface area contributed by atoms with Crippen LogP contribution in [0.3, 0.4) is 0 Å². The Hall–Kier alpha value is -6.03. The molecule has 3 heteroatoms. The number of benzene rings is 8. The van der Waals surface area contributed by atoms with Crippen LogP contribution in [0.25, 0.3) is 66.1 Å².